The van der Waals surface area contributed by atoms with E-state index in [1.807, 2.05) is 42.5 Å². The smallest absolute Gasteiger partial charge is 0.280 e. The highest BCUT2D eigenvalue weighted by molar-refractivity contribution is 6.10. The molecular formula is C25H20N4O4. The fourth-order valence-corrected chi connectivity index (χ4v) is 4.86. The minimum Gasteiger partial charge on any atom is -0.493 e. The SMILES string of the molecule is COc1cc2c(cc1OC)C1(Nn3c(nc4ccccc4c3=O)C2)C(=O)Nc2ccccc21. The van der Waals surface area contributed by atoms with Crippen LogP contribution in [0.2, 0.25) is 0 Å². The number of carbonyl (C=O) groups excluding carboxylic acids is 1. The number of methoxy groups -OCH3 is 2. The number of carbonyl (C=O) groups is 1. The molecule has 3 heterocycles. The van der Waals surface area contributed by atoms with Crippen LogP contribution in [0.25, 0.3) is 10.9 Å². The summed E-state index contributed by atoms with van der Waals surface area (Å²) in [7, 11) is 3.12. The number of para-hydroxylation sites is 2. The Labute approximate surface area is 188 Å². The highest BCUT2D eigenvalue weighted by atomic mass is 16.5. The van der Waals surface area contributed by atoms with Crippen molar-refractivity contribution >= 4 is 22.5 Å². The molecule has 2 aliphatic heterocycles. The average molecular weight is 440 g/mol. The van der Waals surface area contributed by atoms with Gasteiger partial charge in [0.05, 0.1) is 25.1 Å². The second-order valence-electron chi connectivity index (χ2n) is 8.09. The summed E-state index contributed by atoms with van der Waals surface area (Å²) >= 11 is 0. The van der Waals surface area contributed by atoms with Crippen LogP contribution in [0.1, 0.15) is 22.5 Å². The van der Waals surface area contributed by atoms with E-state index in [0.717, 1.165) is 11.1 Å². The number of anilines is 1. The van der Waals surface area contributed by atoms with Gasteiger partial charge in [0, 0.05) is 23.2 Å². The van der Waals surface area contributed by atoms with Crippen molar-refractivity contribution in [3.8, 4) is 11.5 Å². The Kier molecular flexibility index (Phi) is 4.01. The van der Waals surface area contributed by atoms with Gasteiger partial charge in [0.1, 0.15) is 5.82 Å². The van der Waals surface area contributed by atoms with E-state index in [4.69, 9.17) is 14.5 Å². The van der Waals surface area contributed by atoms with Crippen molar-refractivity contribution < 1.29 is 14.3 Å². The van der Waals surface area contributed by atoms with E-state index >= 15 is 0 Å². The number of nitrogens with one attached hydrogen (secondary N) is 2. The molecule has 1 aromatic heterocycles. The standard InChI is InChI=1S/C25H20N4O4/c1-32-20-11-14-12-22-26-18-9-5-3-7-15(18)23(30)29(22)28-25(17(14)13-21(20)33-2)16-8-4-6-10-19(16)27-24(25)31/h3-11,13,28H,12H2,1-2H3,(H,27,31). The van der Waals surface area contributed by atoms with Crippen molar-refractivity contribution in [2.24, 2.45) is 0 Å². The zero-order valence-corrected chi connectivity index (χ0v) is 18.0. The molecule has 2 aliphatic rings. The minimum absolute atomic E-state index is 0.265. The Bertz CT molecular complexity index is 1530. The Morgan fingerprint density at radius 3 is 2.48 bits per heavy atom. The first kappa shape index (κ1) is 19.4. The molecule has 1 spiro atoms. The fourth-order valence-electron chi connectivity index (χ4n) is 4.86. The predicted octanol–water partition coefficient (Wildman–Crippen LogP) is 2.76. The zero-order chi connectivity index (χ0) is 22.7. The zero-order valence-electron chi connectivity index (χ0n) is 18.0. The third-order valence-corrected chi connectivity index (χ3v) is 6.41. The minimum atomic E-state index is -1.36. The number of amides is 1. The van der Waals surface area contributed by atoms with Crippen molar-refractivity contribution in [3.05, 3.63) is 93.5 Å². The molecule has 1 atom stereocenters. The first-order valence-electron chi connectivity index (χ1n) is 10.5. The second-order valence-corrected chi connectivity index (χ2v) is 8.09. The van der Waals surface area contributed by atoms with E-state index in [-0.39, 0.29) is 11.5 Å². The lowest BCUT2D eigenvalue weighted by Crippen LogP contribution is -2.50. The summed E-state index contributed by atoms with van der Waals surface area (Å²) in [4.78, 5) is 32.0. The van der Waals surface area contributed by atoms with Gasteiger partial charge in [-0.05, 0) is 35.9 Å². The summed E-state index contributed by atoms with van der Waals surface area (Å²) in [6.07, 6.45) is 0.319. The molecule has 0 saturated carbocycles. The first-order valence-corrected chi connectivity index (χ1v) is 10.5. The van der Waals surface area contributed by atoms with Gasteiger partial charge < -0.3 is 14.8 Å². The van der Waals surface area contributed by atoms with Gasteiger partial charge in [-0.25, -0.2) is 9.66 Å². The Morgan fingerprint density at radius 2 is 1.67 bits per heavy atom. The van der Waals surface area contributed by atoms with E-state index in [2.05, 4.69) is 10.7 Å². The van der Waals surface area contributed by atoms with Crippen molar-refractivity contribution in [2.75, 3.05) is 25.0 Å². The quantitative estimate of drug-likeness (QED) is 0.498. The number of nitrogens with zero attached hydrogens (tertiary/aromatic N) is 2. The molecule has 3 aromatic carbocycles. The van der Waals surface area contributed by atoms with E-state index in [0.29, 0.717) is 45.9 Å². The van der Waals surface area contributed by atoms with Crippen LogP contribution in [0.5, 0.6) is 11.5 Å². The molecule has 4 aromatic rings. The van der Waals surface area contributed by atoms with Crippen molar-refractivity contribution in [1.82, 2.24) is 9.66 Å². The fraction of sp³-hybridized carbons (Fsp3) is 0.160. The van der Waals surface area contributed by atoms with Gasteiger partial charge in [-0.15, -0.1) is 0 Å². The molecule has 8 nitrogen and oxygen atoms in total. The summed E-state index contributed by atoms with van der Waals surface area (Å²) in [5, 5.41) is 3.44. The van der Waals surface area contributed by atoms with Gasteiger partial charge >= 0.3 is 0 Å². The number of rotatable bonds is 2. The third-order valence-electron chi connectivity index (χ3n) is 6.41. The number of benzene rings is 3. The number of fused-ring (bicyclic) bond motifs is 6. The maximum absolute atomic E-state index is 13.7. The van der Waals surface area contributed by atoms with Crippen LogP contribution in [0.3, 0.4) is 0 Å². The van der Waals surface area contributed by atoms with Crippen LogP contribution < -0.4 is 25.8 Å². The van der Waals surface area contributed by atoms with E-state index in [9.17, 15) is 9.59 Å². The number of hydrogen-bond donors (Lipinski definition) is 2. The molecule has 2 N–H and O–H groups in total. The number of hydrogen-bond acceptors (Lipinski definition) is 6. The summed E-state index contributed by atoms with van der Waals surface area (Å²) in [6.45, 7) is 0. The van der Waals surface area contributed by atoms with Crippen LogP contribution >= 0.6 is 0 Å². The molecule has 0 radical (unpaired) electrons. The van der Waals surface area contributed by atoms with Gasteiger partial charge in [0.25, 0.3) is 11.5 Å². The van der Waals surface area contributed by atoms with Crippen LogP contribution in [-0.4, -0.2) is 29.8 Å². The molecule has 6 rings (SSSR count). The molecule has 0 saturated heterocycles. The summed E-state index contributed by atoms with van der Waals surface area (Å²) in [5.41, 5.74) is 5.14. The maximum atomic E-state index is 13.7. The highest BCUT2D eigenvalue weighted by Crippen LogP contribution is 2.47. The molecule has 164 valence electrons. The molecule has 1 amide bonds. The molecule has 0 fully saturated rings. The molecule has 8 heteroatoms. The van der Waals surface area contributed by atoms with Crippen LogP contribution in [0, 0.1) is 0 Å². The summed E-state index contributed by atoms with van der Waals surface area (Å²) < 4.78 is 12.5. The number of ether oxygens (including phenoxy) is 2. The van der Waals surface area contributed by atoms with Crippen molar-refractivity contribution in [3.63, 3.8) is 0 Å². The Hall–Kier alpha value is -4.33. The predicted molar refractivity (Wildman–Crippen MR) is 124 cm³/mol. The lowest BCUT2D eigenvalue weighted by atomic mass is 9.81. The molecular weight excluding hydrogens is 420 g/mol. The van der Waals surface area contributed by atoms with Gasteiger partial charge in [-0.2, -0.15) is 0 Å². The van der Waals surface area contributed by atoms with Crippen molar-refractivity contribution in [2.45, 2.75) is 12.0 Å². The third kappa shape index (κ3) is 2.54. The topological polar surface area (TPSA) is 94.5 Å². The van der Waals surface area contributed by atoms with E-state index < -0.39 is 5.54 Å². The van der Waals surface area contributed by atoms with Crippen LogP contribution in [0.15, 0.2) is 65.5 Å². The Balaban J connectivity index is 1.74. The van der Waals surface area contributed by atoms with Gasteiger partial charge in [0.2, 0.25) is 0 Å². The van der Waals surface area contributed by atoms with Crippen LogP contribution in [-0.2, 0) is 16.8 Å². The lowest BCUT2D eigenvalue weighted by Gasteiger charge is -2.31. The lowest BCUT2D eigenvalue weighted by molar-refractivity contribution is -0.119. The second kappa shape index (κ2) is 6.83. The van der Waals surface area contributed by atoms with Crippen molar-refractivity contribution in [1.29, 1.82) is 0 Å². The van der Waals surface area contributed by atoms with E-state index in [1.165, 1.54) is 4.68 Å². The van der Waals surface area contributed by atoms with Gasteiger partial charge in [-0.1, -0.05) is 30.3 Å². The Morgan fingerprint density at radius 1 is 0.939 bits per heavy atom. The average Bonchev–Trinajstić information content (AvgIpc) is 3.03. The normalized spacial score (nSPS) is 18.1. The maximum Gasteiger partial charge on any atom is 0.280 e. The highest BCUT2D eigenvalue weighted by Gasteiger charge is 2.52. The molecule has 1 unspecified atom stereocenters. The first-order chi connectivity index (χ1) is 16.1. The largest absolute Gasteiger partial charge is 0.493 e. The van der Waals surface area contributed by atoms with Crippen LogP contribution in [0.4, 0.5) is 5.69 Å². The summed E-state index contributed by atoms with van der Waals surface area (Å²) in [6, 6.07) is 18.3. The molecule has 33 heavy (non-hydrogen) atoms. The molecule has 0 bridgehead atoms. The summed E-state index contributed by atoms with van der Waals surface area (Å²) in [5.74, 6) is 1.24. The van der Waals surface area contributed by atoms with E-state index in [1.54, 1.807) is 32.4 Å². The van der Waals surface area contributed by atoms with Gasteiger partial charge in [0.15, 0.2) is 17.0 Å². The number of aromatic nitrogens is 2. The monoisotopic (exact) mass is 440 g/mol. The van der Waals surface area contributed by atoms with Gasteiger partial charge in [-0.3, -0.25) is 15.0 Å². The molecule has 0 aliphatic carbocycles.